The SMILES string of the molecule is OC(c1ccccc1)c1cccc(OCc2ccc3ccccc3n2)c1. The lowest BCUT2D eigenvalue weighted by Crippen LogP contribution is -2.01. The van der Waals surface area contributed by atoms with Crippen molar-refractivity contribution < 1.29 is 9.84 Å². The molecular formula is C23H19NO2. The van der Waals surface area contributed by atoms with Crippen molar-refractivity contribution in [2.75, 3.05) is 0 Å². The van der Waals surface area contributed by atoms with Crippen molar-refractivity contribution in [3.05, 3.63) is 108 Å². The van der Waals surface area contributed by atoms with E-state index in [1.165, 1.54) is 0 Å². The summed E-state index contributed by atoms with van der Waals surface area (Å²) in [7, 11) is 0. The van der Waals surface area contributed by atoms with Crippen molar-refractivity contribution >= 4 is 10.9 Å². The molecule has 0 fully saturated rings. The first-order valence-electron chi connectivity index (χ1n) is 8.60. The van der Waals surface area contributed by atoms with E-state index in [0.29, 0.717) is 12.4 Å². The number of aliphatic hydroxyl groups excluding tert-OH is 1. The highest BCUT2D eigenvalue weighted by Gasteiger charge is 2.10. The summed E-state index contributed by atoms with van der Waals surface area (Å²) < 4.78 is 5.89. The van der Waals surface area contributed by atoms with Crippen LogP contribution in [0.2, 0.25) is 0 Å². The quantitative estimate of drug-likeness (QED) is 0.562. The maximum Gasteiger partial charge on any atom is 0.130 e. The van der Waals surface area contributed by atoms with Crippen molar-refractivity contribution in [3.63, 3.8) is 0 Å². The minimum atomic E-state index is -0.668. The van der Waals surface area contributed by atoms with Crippen LogP contribution in [0.1, 0.15) is 22.9 Å². The molecule has 4 rings (SSSR count). The van der Waals surface area contributed by atoms with E-state index in [9.17, 15) is 5.11 Å². The Morgan fingerprint density at radius 3 is 2.42 bits per heavy atom. The summed E-state index contributed by atoms with van der Waals surface area (Å²) in [5.41, 5.74) is 3.50. The van der Waals surface area contributed by atoms with Gasteiger partial charge in [0, 0.05) is 5.39 Å². The number of pyridine rings is 1. The lowest BCUT2D eigenvalue weighted by atomic mass is 10.0. The van der Waals surface area contributed by atoms with E-state index in [4.69, 9.17) is 4.74 Å². The molecule has 0 aliphatic carbocycles. The average Bonchev–Trinajstić information content (AvgIpc) is 2.72. The van der Waals surface area contributed by atoms with E-state index in [2.05, 4.69) is 11.1 Å². The van der Waals surface area contributed by atoms with E-state index in [1.54, 1.807) is 0 Å². The van der Waals surface area contributed by atoms with E-state index in [0.717, 1.165) is 27.7 Å². The maximum atomic E-state index is 10.6. The van der Waals surface area contributed by atoms with Crippen LogP contribution in [0.3, 0.4) is 0 Å². The van der Waals surface area contributed by atoms with Crippen LogP contribution in [0.25, 0.3) is 10.9 Å². The largest absolute Gasteiger partial charge is 0.487 e. The lowest BCUT2D eigenvalue weighted by Gasteiger charge is -2.13. The van der Waals surface area contributed by atoms with Gasteiger partial charge < -0.3 is 9.84 Å². The number of fused-ring (bicyclic) bond motifs is 1. The normalized spacial score (nSPS) is 12.0. The van der Waals surface area contributed by atoms with Gasteiger partial charge in [-0.2, -0.15) is 0 Å². The van der Waals surface area contributed by atoms with Gasteiger partial charge in [0.05, 0.1) is 11.2 Å². The van der Waals surface area contributed by atoms with Crippen LogP contribution >= 0.6 is 0 Å². The fourth-order valence-electron chi connectivity index (χ4n) is 2.95. The molecule has 3 aromatic carbocycles. The number of hydrogen-bond acceptors (Lipinski definition) is 3. The van der Waals surface area contributed by atoms with Crippen molar-refractivity contribution in [1.82, 2.24) is 4.98 Å². The first-order chi connectivity index (χ1) is 12.8. The second kappa shape index (κ2) is 7.38. The van der Waals surface area contributed by atoms with Crippen LogP contribution < -0.4 is 4.74 Å². The molecule has 1 unspecified atom stereocenters. The maximum absolute atomic E-state index is 10.6. The van der Waals surface area contributed by atoms with Gasteiger partial charge in [0.2, 0.25) is 0 Å². The molecule has 128 valence electrons. The van der Waals surface area contributed by atoms with Gasteiger partial charge in [0.1, 0.15) is 18.5 Å². The molecule has 1 heterocycles. The van der Waals surface area contributed by atoms with Crippen LogP contribution in [0.4, 0.5) is 0 Å². The number of para-hydroxylation sites is 1. The highest BCUT2D eigenvalue weighted by Crippen LogP contribution is 2.25. The standard InChI is InChI=1S/C23H19NO2/c25-23(18-8-2-1-3-9-18)19-10-6-11-21(15-19)26-16-20-14-13-17-7-4-5-12-22(17)24-20/h1-15,23,25H,16H2. The Balaban J connectivity index is 1.49. The molecule has 0 saturated heterocycles. The van der Waals surface area contributed by atoms with Crippen LogP contribution in [-0.2, 0) is 6.61 Å². The molecule has 3 heteroatoms. The lowest BCUT2D eigenvalue weighted by molar-refractivity contribution is 0.219. The van der Waals surface area contributed by atoms with Gasteiger partial charge in [0.15, 0.2) is 0 Å². The second-order valence-electron chi connectivity index (χ2n) is 6.17. The fraction of sp³-hybridized carbons (Fsp3) is 0.0870. The number of rotatable bonds is 5. The molecule has 1 N–H and O–H groups in total. The van der Waals surface area contributed by atoms with Gasteiger partial charge in [0.25, 0.3) is 0 Å². The van der Waals surface area contributed by atoms with Crippen LogP contribution in [0, 0.1) is 0 Å². The van der Waals surface area contributed by atoms with E-state index in [1.807, 2.05) is 84.9 Å². The minimum absolute atomic E-state index is 0.385. The minimum Gasteiger partial charge on any atom is -0.487 e. The topological polar surface area (TPSA) is 42.4 Å². The van der Waals surface area contributed by atoms with Gasteiger partial charge in [-0.05, 0) is 35.4 Å². The Labute approximate surface area is 152 Å². The summed E-state index contributed by atoms with van der Waals surface area (Å²) in [5, 5.41) is 11.7. The van der Waals surface area contributed by atoms with Crippen molar-refractivity contribution in [3.8, 4) is 5.75 Å². The molecule has 0 aliphatic heterocycles. The molecule has 0 spiro atoms. The highest BCUT2D eigenvalue weighted by molar-refractivity contribution is 5.78. The van der Waals surface area contributed by atoms with Crippen LogP contribution in [0.15, 0.2) is 91.0 Å². The molecule has 1 aromatic heterocycles. The molecule has 0 amide bonds. The Hall–Kier alpha value is -3.17. The molecule has 0 aliphatic rings. The van der Waals surface area contributed by atoms with E-state index < -0.39 is 6.10 Å². The summed E-state index contributed by atoms with van der Waals surface area (Å²) in [6, 6.07) is 29.2. The number of aromatic nitrogens is 1. The molecule has 1 atom stereocenters. The highest BCUT2D eigenvalue weighted by atomic mass is 16.5. The Kier molecular flexibility index (Phi) is 4.63. The monoisotopic (exact) mass is 341 g/mol. The smallest absolute Gasteiger partial charge is 0.130 e. The predicted molar refractivity (Wildman–Crippen MR) is 103 cm³/mol. The van der Waals surface area contributed by atoms with Gasteiger partial charge in [-0.25, -0.2) is 4.98 Å². The van der Waals surface area contributed by atoms with Crippen molar-refractivity contribution in [2.45, 2.75) is 12.7 Å². The molecule has 0 bridgehead atoms. The zero-order valence-electron chi connectivity index (χ0n) is 14.2. The number of aliphatic hydroxyl groups is 1. The number of ether oxygens (including phenoxy) is 1. The first kappa shape index (κ1) is 16.3. The molecule has 26 heavy (non-hydrogen) atoms. The first-order valence-corrected chi connectivity index (χ1v) is 8.60. The Bertz CT molecular complexity index is 1010. The van der Waals surface area contributed by atoms with Gasteiger partial charge >= 0.3 is 0 Å². The van der Waals surface area contributed by atoms with E-state index in [-0.39, 0.29) is 0 Å². The molecule has 0 saturated carbocycles. The third-order valence-corrected chi connectivity index (χ3v) is 4.33. The third-order valence-electron chi connectivity index (χ3n) is 4.33. The second-order valence-corrected chi connectivity index (χ2v) is 6.17. The van der Waals surface area contributed by atoms with Crippen molar-refractivity contribution in [1.29, 1.82) is 0 Å². The van der Waals surface area contributed by atoms with Crippen molar-refractivity contribution in [2.24, 2.45) is 0 Å². The average molecular weight is 341 g/mol. The molecule has 4 aromatic rings. The van der Waals surface area contributed by atoms with E-state index >= 15 is 0 Å². The zero-order valence-corrected chi connectivity index (χ0v) is 14.2. The number of benzene rings is 3. The third kappa shape index (κ3) is 3.58. The summed E-state index contributed by atoms with van der Waals surface area (Å²) >= 11 is 0. The summed E-state index contributed by atoms with van der Waals surface area (Å²) in [6.45, 7) is 0.385. The van der Waals surface area contributed by atoms with Crippen LogP contribution in [0.5, 0.6) is 5.75 Å². The Morgan fingerprint density at radius 2 is 1.54 bits per heavy atom. The fourth-order valence-corrected chi connectivity index (χ4v) is 2.95. The summed E-state index contributed by atoms with van der Waals surface area (Å²) in [6.07, 6.45) is -0.668. The molecule has 0 radical (unpaired) electrons. The summed E-state index contributed by atoms with van der Waals surface area (Å²) in [4.78, 5) is 4.62. The van der Waals surface area contributed by atoms with Gasteiger partial charge in [-0.1, -0.05) is 66.7 Å². The Morgan fingerprint density at radius 1 is 0.769 bits per heavy atom. The number of hydrogen-bond donors (Lipinski definition) is 1. The van der Waals surface area contributed by atoms with Gasteiger partial charge in [-0.15, -0.1) is 0 Å². The molecular weight excluding hydrogens is 322 g/mol. The van der Waals surface area contributed by atoms with Gasteiger partial charge in [-0.3, -0.25) is 0 Å². The summed E-state index contributed by atoms with van der Waals surface area (Å²) in [5.74, 6) is 0.715. The predicted octanol–water partition coefficient (Wildman–Crippen LogP) is 4.90. The number of nitrogens with zero attached hydrogens (tertiary/aromatic N) is 1. The zero-order chi connectivity index (χ0) is 17.8. The molecule has 3 nitrogen and oxygen atoms in total. The van der Waals surface area contributed by atoms with Crippen LogP contribution in [-0.4, -0.2) is 10.1 Å².